The molecule has 4 aromatic carbocycles. The molecule has 0 aliphatic rings. The van der Waals surface area contributed by atoms with Crippen LogP contribution in [0.4, 0.5) is 0 Å². The third-order valence-corrected chi connectivity index (χ3v) is 12.4. The quantitative estimate of drug-likeness (QED) is 0.360. The van der Waals surface area contributed by atoms with Crippen molar-refractivity contribution in [3.63, 3.8) is 0 Å². The summed E-state index contributed by atoms with van der Waals surface area (Å²) in [6.45, 7) is 2.25. The number of hydrogen-bond donors (Lipinski definition) is 1. The number of benzene rings is 4. The number of hydrogen-bond acceptors (Lipinski definition) is 0. The van der Waals surface area contributed by atoms with Crippen molar-refractivity contribution in [3.05, 3.63) is 121 Å². The van der Waals surface area contributed by atoms with Crippen LogP contribution in [0.25, 0.3) is 0 Å². The summed E-state index contributed by atoms with van der Waals surface area (Å²) in [5, 5.41) is 0. The zero-order valence-corrected chi connectivity index (χ0v) is 16.8. The molecule has 0 saturated carbocycles. The molecule has 0 amide bonds. The van der Waals surface area contributed by atoms with Gasteiger partial charge in [-0.05, 0) is 38.3 Å². The Morgan fingerprint density at radius 1 is 0.444 bits per heavy atom. The van der Waals surface area contributed by atoms with Gasteiger partial charge in [-0.1, -0.05) is 115 Å². The molecule has 4 rings (SSSR count). The van der Waals surface area contributed by atoms with E-state index >= 15 is 0 Å². The highest BCUT2D eigenvalue weighted by Gasteiger charge is 2.44. The molecule has 0 heterocycles. The van der Waals surface area contributed by atoms with Crippen molar-refractivity contribution in [1.29, 1.82) is 0 Å². The monoisotopic (exact) mass is 370 g/mol. The van der Waals surface area contributed by atoms with Gasteiger partial charge >= 0.3 is 0 Å². The summed E-state index contributed by atoms with van der Waals surface area (Å²) < 4.78 is 0. The van der Waals surface area contributed by atoms with Gasteiger partial charge in [0, 0.05) is 0 Å². The van der Waals surface area contributed by atoms with E-state index in [1.165, 1.54) is 25.1 Å². The molecule has 0 fully saturated rings. The zero-order chi connectivity index (χ0) is 18.8. The normalized spacial score (nSPS) is 12.9. The topological polar surface area (TPSA) is 0 Å². The molecular formula is C26H26S. The molecule has 0 saturated heterocycles. The highest BCUT2D eigenvalue weighted by atomic mass is 32.3. The summed E-state index contributed by atoms with van der Waals surface area (Å²) in [6, 6.07) is 42.1. The number of aryl methyl sites for hydroxylation is 1. The van der Waals surface area contributed by atoms with Crippen LogP contribution in [0.3, 0.4) is 0 Å². The Bertz CT molecular complexity index is 938. The van der Waals surface area contributed by atoms with Gasteiger partial charge in [0.2, 0.25) is 0 Å². The molecule has 0 bridgehead atoms. The minimum Gasteiger partial charge on any atom is -0.202 e. The third kappa shape index (κ3) is 2.54. The SMILES string of the molecule is Cc1ccccc1[SH](C)(c1ccccc1)(c1ccccc1)c1ccccc1. The summed E-state index contributed by atoms with van der Waals surface area (Å²) in [7, 11) is -2.86. The molecule has 0 spiro atoms. The van der Waals surface area contributed by atoms with Crippen molar-refractivity contribution in [1.82, 2.24) is 0 Å². The molecule has 0 atom stereocenters. The molecule has 0 nitrogen and oxygen atoms in total. The fourth-order valence-corrected chi connectivity index (χ4v) is 10.4. The molecule has 4 aromatic rings. The standard InChI is InChI=1S/C26H26S/c1-22-14-12-13-21-26(22)27(2,23-15-6-3-7-16-23,24-17-8-4-9-18-24)25-19-10-5-11-20-25/h3-21,27H,1-2H3. The van der Waals surface area contributed by atoms with Gasteiger partial charge in [-0.25, -0.2) is 9.16 Å². The van der Waals surface area contributed by atoms with Gasteiger partial charge < -0.3 is 0 Å². The van der Waals surface area contributed by atoms with Crippen LogP contribution in [0.2, 0.25) is 0 Å². The van der Waals surface area contributed by atoms with Gasteiger partial charge in [0.1, 0.15) is 0 Å². The van der Waals surface area contributed by atoms with Crippen LogP contribution in [-0.4, -0.2) is 6.26 Å². The van der Waals surface area contributed by atoms with E-state index in [2.05, 4.69) is 128 Å². The molecule has 0 N–H and O–H groups in total. The first kappa shape index (κ1) is 17.6. The van der Waals surface area contributed by atoms with Crippen molar-refractivity contribution in [2.75, 3.05) is 6.26 Å². The maximum Gasteiger partial charge on any atom is -0.0112 e. The Labute approximate surface area is 162 Å². The molecule has 0 aromatic heterocycles. The largest absolute Gasteiger partial charge is 0.202 e. The first-order valence-electron chi connectivity index (χ1n) is 9.40. The molecule has 0 aliphatic carbocycles. The van der Waals surface area contributed by atoms with Crippen LogP contribution in [-0.2, 0) is 0 Å². The van der Waals surface area contributed by atoms with Gasteiger partial charge in [-0.15, -0.1) is 0 Å². The van der Waals surface area contributed by atoms with E-state index in [0.29, 0.717) is 0 Å². The maximum absolute atomic E-state index is 2.86. The lowest BCUT2D eigenvalue weighted by molar-refractivity contribution is 1.17. The summed E-state index contributed by atoms with van der Waals surface area (Å²) in [5.74, 6) is 0. The lowest BCUT2D eigenvalue weighted by Crippen LogP contribution is -2.20. The van der Waals surface area contributed by atoms with E-state index in [-0.39, 0.29) is 0 Å². The van der Waals surface area contributed by atoms with Gasteiger partial charge in [0.25, 0.3) is 0 Å². The van der Waals surface area contributed by atoms with Crippen LogP contribution < -0.4 is 0 Å². The van der Waals surface area contributed by atoms with Crippen LogP contribution in [0.5, 0.6) is 0 Å². The Hall–Kier alpha value is -2.77. The van der Waals surface area contributed by atoms with Crippen molar-refractivity contribution < 1.29 is 0 Å². The first-order chi connectivity index (χ1) is 13.2. The van der Waals surface area contributed by atoms with Crippen molar-refractivity contribution >= 4 is 9.16 Å². The average molecular weight is 371 g/mol. The van der Waals surface area contributed by atoms with Crippen LogP contribution >= 0.6 is 9.16 Å². The first-order valence-corrected chi connectivity index (χ1v) is 12.1. The minimum atomic E-state index is -2.86. The summed E-state index contributed by atoms with van der Waals surface area (Å²) in [6.07, 6.45) is 2.51. The zero-order valence-electron chi connectivity index (χ0n) is 15.9. The van der Waals surface area contributed by atoms with Gasteiger partial charge in [-0.2, -0.15) is 0 Å². The molecule has 136 valence electrons. The van der Waals surface area contributed by atoms with E-state index in [1.807, 2.05) is 0 Å². The van der Waals surface area contributed by atoms with Crippen LogP contribution in [0.1, 0.15) is 5.56 Å². The van der Waals surface area contributed by atoms with E-state index < -0.39 is 9.16 Å². The fraction of sp³-hybridized carbons (Fsp3) is 0.0769. The Balaban J connectivity index is 2.26. The highest BCUT2D eigenvalue weighted by molar-refractivity contribution is 8.49. The van der Waals surface area contributed by atoms with E-state index in [0.717, 1.165) is 0 Å². The second-order valence-electron chi connectivity index (χ2n) is 7.36. The van der Waals surface area contributed by atoms with Gasteiger partial charge in [0.05, 0.1) is 0 Å². The van der Waals surface area contributed by atoms with Gasteiger partial charge in [-0.3, -0.25) is 0 Å². The average Bonchev–Trinajstić information content (AvgIpc) is 2.75. The summed E-state index contributed by atoms with van der Waals surface area (Å²) in [4.78, 5) is 5.63. The molecule has 0 radical (unpaired) electrons. The summed E-state index contributed by atoms with van der Waals surface area (Å²) in [5.41, 5.74) is 1.34. The molecule has 27 heavy (non-hydrogen) atoms. The van der Waals surface area contributed by atoms with Gasteiger partial charge in [0.15, 0.2) is 0 Å². The lowest BCUT2D eigenvalue weighted by Gasteiger charge is -2.61. The van der Waals surface area contributed by atoms with Crippen LogP contribution in [0.15, 0.2) is 135 Å². The van der Waals surface area contributed by atoms with E-state index in [9.17, 15) is 0 Å². The highest BCUT2D eigenvalue weighted by Crippen LogP contribution is 2.88. The molecule has 0 unspecified atom stereocenters. The second-order valence-corrected chi connectivity index (χ2v) is 12.5. The lowest BCUT2D eigenvalue weighted by atomic mass is 10.2. The smallest absolute Gasteiger partial charge is 0.0112 e. The van der Waals surface area contributed by atoms with Crippen molar-refractivity contribution in [2.24, 2.45) is 0 Å². The number of thiol groups is 1. The number of rotatable bonds is 4. The molecule has 1 heteroatoms. The summed E-state index contributed by atoms with van der Waals surface area (Å²) >= 11 is 0. The molecule has 0 aliphatic heterocycles. The van der Waals surface area contributed by atoms with Crippen molar-refractivity contribution in [2.45, 2.75) is 26.5 Å². The second kappa shape index (κ2) is 6.75. The Kier molecular flexibility index (Phi) is 4.41. The van der Waals surface area contributed by atoms with E-state index in [1.54, 1.807) is 0 Å². The Morgan fingerprint density at radius 2 is 0.778 bits per heavy atom. The molecular weight excluding hydrogens is 344 g/mol. The predicted octanol–water partition coefficient (Wildman–Crippen LogP) is 7.23. The predicted molar refractivity (Wildman–Crippen MR) is 118 cm³/mol. The van der Waals surface area contributed by atoms with Crippen molar-refractivity contribution in [3.8, 4) is 0 Å². The fourth-order valence-electron chi connectivity index (χ4n) is 4.46. The van der Waals surface area contributed by atoms with Crippen LogP contribution in [0, 0.1) is 6.92 Å². The maximum atomic E-state index is 2.51. The Morgan fingerprint density at radius 3 is 1.15 bits per heavy atom. The third-order valence-electron chi connectivity index (χ3n) is 5.92. The minimum absolute atomic E-state index is 1.34. The van der Waals surface area contributed by atoms with E-state index in [4.69, 9.17) is 0 Å².